The highest BCUT2D eigenvalue weighted by Crippen LogP contribution is 2.32. The Kier molecular flexibility index (Phi) is 4.91. The van der Waals surface area contributed by atoms with E-state index in [4.69, 9.17) is 9.47 Å². The third kappa shape index (κ3) is 4.04. The van der Waals surface area contributed by atoms with Crippen LogP contribution in [0.4, 0.5) is 5.69 Å². The molecule has 0 saturated carbocycles. The van der Waals surface area contributed by atoms with Gasteiger partial charge in [-0.1, -0.05) is 32.5 Å². The van der Waals surface area contributed by atoms with Crippen molar-refractivity contribution in [3.63, 3.8) is 0 Å². The highest BCUT2D eigenvalue weighted by Gasteiger charge is 2.22. The number of aromatic nitrogens is 5. The summed E-state index contributed by atoms with van der Waals surface area (Å²) in [6.45, 7) is 6.68. The first-order valence-electron chi connectivity index (χ1n) is 9.00. The van der Waals surface area contributed by atoms with E-state index in [2.05, 4.69) is 25.6 Å². The first kappa shape index (κ1) is 19.2. The molecule has 1 aliphatic heterocycles. The number of amides is 1. The molecule has 2 aromatic heterocycles. The number of H-pyrrole nitrogens is 1. The number of rotatable bonds is 4. The lowest BCUT2D eigenvalue weighted by molar-refractivity contribution is -0.113. The zero-order valence-electron chi connectivity index (χ0n) is 16.2. The van der Waals surface area contributed by atoms with Gasteiger partial charge in [-0.3, -0.25) is 14.6 Å². The molecule has 1 amide bonds. The number of nitrogens with one attached hydrogen (secondary N) is 2. The standard InChI is InChI=1S/C18H20N6O4S/c1-18(2,3)14-15(26)20-16-21-22-17(24(16)23-14)29-9-13(25)19-10-4-5-11-12(8-10)28-7-6-27-11/h4-5,8H,6-7,9H2,1-3H3,(H,19,25)(H,20,21,26). The van der Waals surface area contributed by atoms with Crippen molar-refractivity contribution in [2.24, 2.45) is 0 Å². The maximum Gasteiger partial charge on any atom is 0.274 e. The molecule has 0 spiro atoms. The van der Waals surface area contributed by atoms with Crippen LogP contribution >= 0.6 is 11.8 Å². The minimum atomic E-state index is -0.441. The summed E-state index contributed by atoms with van der Waals surface area (Å²) in [4.78, 5) is 27.2. The van der Waals surface area contributed by atoms with E-state index in [1.54, 1.807) is 18.2 Å². The van der Waals surface area contributed by atoms with Crippen LogP contribution in [0.2, 0.25) is 0 Å². The van der Waals surface area contributed by atoms with Crippen LogP contribution in [0.1, 0.15) is 26.5 Å². The summed E-state index contributed by atoms with van der Waals surface area (Å²) in [5.74, 6) is 1.38. The quantitative estimate of drug-likeness (QED) is 0.615. The average molecular weight is 416 g/mol. The molecule has 0 aliphatic carbocycles. The van der Waals surface area contributed by atoms with Gasteiger partial charge in [0, 0.05) is 17.2 Å². The fourth-order valence-electron chi connectivity index (χ4n) is 2.77. The van der Waals surface area contributed by atoms with E-state index in [9.17, 15) is 9.59 Å². The van der Waals surface area contributed by atoms with E-state index in [1.165, 1.54) is 16.3 Å². The van der Waals surface area contributed by atoms with E-state index in [0.29, 0.717) is 41.3 Å². The van der Waals surface area contributed by atoms with Crippen LogP contribution in [0.25, 0.3) is 5.78 Å². The Bertz CT molecular complexity index is 1130. The molecule has 0 fully saturated rings. The minimum Gasteiger partial charge on any atom is -0.486 e. The summed E-state index contributed by atoms with van der Waals surface area (Å²) in [7, 11) is 0. The second-order valence-electron chi connectivity index (χ2n) is 7.47. The number of hydrogen-bond donors (Lipinski definition) is 2. The summed E-state index contributed by atoms with van der Waals surface area (Å²) in [5.41, 5.74) is 0.241. The normalized spacial score (nSPS) is 13.5. The lowest BCUT2D eigenvalue weighted by Gasteiger charge is -2.19. The smallest absolute Gasteiger partial charge is 0.274 e. The van der Waals surface area contributed by atoms with Crippen molar-refractivity contribution in [2.75, 3.05) is 24.3 Å². The minimum absolute atomic E-state index is 0.0981. The fourth-order valence-corrected chi connectivity index (χ4v) is 3.45. The highest BCUT2D eigenvalue weighted by molar-refractivity contribution is 7.99. The largest absolute Gasteiger partial charge is 0.486 e. The second kappa shape index (κ2) is 7.39. The first-order valence-corrected chi connectivity index (χ1v) is 9.98. The van der Waals surface area contributed by atoms with Gasteiger partial charge in [0.05, 0.1) is 5.75 Å². The van der Waals surface area contributed by atoms with Crippen molar-refractivity contribution in [3.8, 4) is 11.5 Å². The number of fused-ring (bicyclic) bond motifs is 2. The molecule has 29 heavy (non-hydrogen) atoms. The van der Waals surface area contributed by atoms with Gasteiger partial charge in [-0.05, 0) is 12.1 Å². The van der Waals surface area contributed by atoms with Crippen molar-refractivity contribution in [3.05, 3.63) is 34.2 Å². The van der Waals surface area contributed by atoms with Crippen LogP contribution in [-0.4, -0.2) is 49.7 Å². The summed E-state index contributed by atoms with van der Waals surface area (Å²) in [6, 6.07) is 5.24. The van der Waals surface area contributed by atoms with Crippen molar-refractivity contribution in [2.45, 2.75) is 31.3 Å². The monoisotopic (exact) mass is 416 g/mol. The Labute approximate surface area is 170 Å². The van der Waals surface area contributed by atoms with Gasteiger partial charge in [-0.15, -0.1) is 10.2 Å². The molecule has 0 atom stereocenters. The van der Waals surface area contributed by atoms with Crippen LogP contribution in [0.5, 0.6) is 11.5 Å². The average Bonchev–Trinajstić information content (AvgIpc) is 3.06. The molecular formula is C18H20N6O4S. The van der Waals surface area contributed by atoms with Gasteiger partial charge in [0.1, 0.15) is 18.9 Å². The number of carbonyl (C=O) groups excluding carboxylic acids is 1. The van der Waals surface area contributed by atoms with Crippen molar-refractivity contribution >= 4 is 29.1 Å². The van der Waals surface area contributed by atoms with Gasteiger partial charge in [-0.2, -0.15) is 9.61 Å². The Morgan fingerprint density at radius 1 is 1.24 bits per heavy atom. The molecule has 4 rings (SSSR count). The molecule has 0 saturated heterocycles. The van der Waals surface area contributed by atoms with Gasteiger partial charge in [0.2, 0.25) is 11.1 Å². The summed E-state index contributed by atoms with van der Waals surface area (Å²) in [5, 5.41) is 15.6. The number of thioether (sulfide) groups is 1. The first-order chi connectivity index (χ1) is 13.8. The number of ether oxygens (including phenoxy) is 2. The molecule has 0 unspecified atom stereocenters. The number of hydrogen-bond acceptors (Lipinski definition) is 8. The molecule has 0 bridgehead atoms. The van der Waals surface area contributed by atoms with Crippen LogP contribution in [0, 0.1) is 0 Å². The van der Waals surface area contributed by atoms with Crippen LogP contribution in [0.15, 0.2) is 28.2 Å². The molecule has 1 aromatic carbocycles. The van der Waals surface area contributed by atoms with Gasteiger partial charge in [-0.25, -0.2) is 0 Å². The van der Waals surface area contributed by atoms with E-state index in [0.717, 1.165) is 0 Å². The van der Waals surface area contributed by atoms with Gasteiger partial charge >= 0.3 is 0 Å². The molecule has 3 aromatic rings. The number of anilines is 1. The summed E-state index contributed by atoms with van der Waals surface area (Å²) < 4.78 is 12.4. The molecule has 10 nitrogen and oxygen atoms in total. The van der Waals surface area contributed by atoms with Crippen molar-refractivity contribution < 1.29 is 14.3 Å². The summed E-state index contributed by atoms with van der Waals surface area (Å²) in [6.07, 6.45) is 0. The van der Waals surface area contributed by atoms with Crippen LogP contribution < -0.4 is 20.3 Å². The molecule has 152 valence electrons. The molecule has 1 aliphatic rings. The predicted octanol–water partition coefficient (Wildman–Crippen LogP) is 1.61. The highest BCUT2D eigenvalue weighted by atomic mass is 32.2. The Morgan fingerprint density at radius 3 is 2.76 bits per heavy atom. The molecular weight excluding hydrogens is 396 g/mol. The maximum atomic E-state index is 12.4. The maximum absolute atomic E-state index is 12.4. The topological polar surface area (TPSA) is 124 Å². The van der Waals surface area contributed by atoms with Gasteiger partial charge in [0.25, 0.3) is 11.3 Å². The van der Waals surface area contributed by atoms with Gasteiger partial charge in [0.15, 0.2) is 11.5 Å². The Morgan fingerprint density at radius 2 is 2.00 bits per heavy atom. The number of aromatic amines is 1. The predicted molar refractivity (Wildman–Crippen MR) is 107 cm³/mol. The lowest BCUT2D eigenvalue weighted by Crippen LogP contribution is -2.28. The Hall–Kier alpha value is -3.08. The third-order valence-electron chi connectivity index (χ3n) is 4.12. The zero-order chi connectivity index (χ0) is 20.6. The zero-order valence-corrected chi connectivity index (χ0v) is 17.0. The van der Waals surface area contributed by atoms with E-state index < -0.39 is 5.41 Å². The fraction of sp³-hybridized carbons (Fsp3) is 0.389. The van der Waals surface area contributed by atoms with Crippen LogP contribution in [-0.2, 0) is 10.2 Å². The molecule has 3 heterocycles. The van der Waals surface area contributed by atoms with Gasteiger partial charge < -0.3 is 14.8 Å². The number of benzene rings is 1. The van der Waals surface area contributed by atoms with E-state index >= 15 is 0 Å². The second-order valence-corrected chi connectivity index (χ2v) is 8.41. The molecule has 2 N–H and O–H groups in total. The third-order valence-corrected chi connectivity index (χ3v) is 5.04. The van der Waals surface area contributed by atoms with Crippen molar-refractivity contribution in [1.29, 1.82) is 0 Å². The lowest BCUT2D eigenvalue weighted by atomic mass is 9.93. The molecule has 0 radical (unpaired) electrons. The van der Waals surface area contributed by atoms with E-state index in [-0.39, 0.29) is 23.0 Å². The number of nitrogens with zero attached hydrogens (tertiary/aromatic N) is 4. The molecule has 11 heteroatoms. The SMILES string of the molecule is CC(C)(C)c1nn2c(SCC(=O)Nc3ccc4c(c3)OCCO4)nnc2[nH]c1=O. The van der Waals surface area contributed by atoms with Crippen LogP contribution in [0.3, 0.4) is 0 Å². The summed E-state index contributed by atoms with van der Waals surface area (Å²) >= 11 is 1.17. The van der Waals surface area contributed by atoms with E-state index in [1.807, 2.05) is 20.8 Å². The van der Waals surface area contributed by atoms with Crippen molar-refractivity contribution in [1.82, 2.24) is 24.8 Å². The Balaban J connectivity index is 1.47. The number of carbonyl (C=O) groups is 1.